The Morgan fingerprint density at radius 3 is 2.22 bits per heavy atom. The maximum absolute atomic E-state index is 4.89. The van der Waals surface area contributed by atoms with Crippen molar-refractivity contribution in [2.45, 2.75) is 33.0 Å². The molecule has 6 heteroatoms. The molecular weight excluding hydrogens is 319 g/mol. The van der Waals surface area contributed by atoms with Gasteiger partial charge in [0.15, 0.2) is 0 Å². The van der Waals surface area contributed by atoms with Gasteiger partial charge in [0.1, 0.15) is 0 Å². The van der Waals surface area contributed by atoms with Crippen LogP contribution in [-0.2, 0) is 17.0 Å². The van der Waals surface area contributed by atoms with Crippen LogP contribution >= 0.6 is 18.6 Å². The number of rotatable bonds is 6. The van der Waals surface area contributed by atoms with Gasteiger partial charge in [-0.25, -0.2) is 12.1 Å². The van der Waals surface area contributed by atoms with E-state index in [1.54, 1.807) is 0 Å². The summed E-state index contributed by atoms with van der Waals surface area (Å²) in [5.74, 6) is 0. The molecule has 0 fully saturated rings. The van der Waals surface area contributed by atoms with E-state index in [4.69, 9.17) is 23.6 Å². The van der Waals surface area contributed by atoms with Crippen LogP contribution in [0.4, 0.5) is 0 Å². The van der Waals surface area contributed by atoms with E-state index in [9.17, 15) is 0 Å². The molecule has 0 aliphatic carbocycles. The molecular formula is C12H22Cl2N2SiTi-2. The van der Waals surface area contributed by atoms with E-state index in [1.807, 2.05) is 0 Å². The quantitative estimate of drug-likeness (QED) is 0.478. The van der Waals surface area contributed by atoms with Crippen molar-refractivity contribution < 1.29 is 17.0 Å². The fraction of sp³-hybridized carbons (Fsp3) is 0.583. The van der Waals surface area contributed by atoms with Crippen LogP contribution in [0.3, 0.4) is 0 Å². The standard InChI is InChI=1S/C12H22N2Si.2ClH.Ti/c1-11(2)13-9-10-14-15(3,4)12-7-5-6-8-12;;;/h5-8,11,13H,9-10H2,1-4H3;2*1H;/q-2;;;+2/p-2. The monoisotopic (exact) mass is 340 g/mol. The molecule has 1 aromatic rings. The van der Waals surface area contributed by atoms with Crippen molar-refractivity contribution in [2.75, 3.05) is 13.1 Å². The van der Waals surface area contributed by atoms with Gasteiger partial charge in [0.2, 0.25) is 0 Å². The Morgan fingerprint density at radius 1 is 1.28 bits per heavy atom. The van der Waals surface area contributed by atoms with Gasteiger partial charge in [0, 0.05) is 6.04 Å². The van der Waals surface area contributed by atoms with Crippen molar-refractivity contribution in [1.29, 1.82) is 0 Å². The van der Waals surface area contributed by atoms with Crippen molar-refractivity contribution in [1.82, 2.24) is 5.32 Å². The van der Waals surface area contributed by atoms with Crippen molar-refractivity contribution in [2.24, 2.45) is 0 Å². The van der Waals surface area contributed by atoms with Gasteiger partial charge < -0.3 is 10.3 Å². The third-order valence-corrected chi connectivity index (χ3v) is 5.30. The van der Waals surface area contributed by atoms with E-state index in [-0.39, 0.29) is 0 Å². The second kappa shape index (κ2) is 10.6. The molecule has 0 spiro atoms. The molecule has 18 heavy (non-hydrogen) atoms. The minimum absolute atomic E-state index is 0.556. The molecule has 0 unspecified atom stereocenters. The third-order valence-electron chi connectivity index (χ3n) is 2.54. The molecule has 104 valence electrons. The zero-order valence-electron chi connectivity index (χ0n) is 11.5. The topological polar surface area (TPSA) is 26.1 Å². The SMILES string of the molecule is CC(C)NCC[N-][Si](C)(C)[c-]1cccc1.[Cl][Ti][Cl]. The van der Waals surface area contributed by atoms with Crippen LogP contribution in [0.2, 0.25) is 13.1 Å². The minimum atomic E-state index is -1.51. The Morgan fingerprint density at radius 2 is 1.78 bits per heavy atom. The summed E-state index contributed by atoms with van der Waals surface area (Å²) >= 11 is -0.556. The number of nitrogens with zero attached hydrogens (tertiary/aromatic N) is 1. The summed E-state index contributed by atoms with van der Waals surface area (Å²) in [5.41, 5.74) is 0. The van der Waals surface area contributed by atoms with Gasteiger partial charge >= 0.3 is 35.6 Å². The zero-order chi connectivity index (χ0) is 14.0. The third kappa shape index (κ3) is 8.81. The van der Waals surface area contributed by atoms with Crippen LogP contribution < -0.4 is 10.5 Å². The fourth-order valence-corrected chi connectivity index (χ4v) is 3.42. The summed E-state index contributed by atoms with van der Waals surface area (Å²) in [6.45, 7) is 10.9. The molecule has 0 amide bonds. The molecule has 0 atom stereocenters. The first-order chi connectivity index (χ1) is 8.44. The molecule has 1 N–H and O–H groups in total. The summed E-state index contributed by atoms with van der Waals surface area (Å²) in [7, 11) is 8.26. The normalized spacial score (nSPS) is 11.1. The van der Waals surface area contributed by atoms with E-state index in [0.29, 0.717) is 6.04 Å². The van der Waals surface area contributed by atoms with Gasteiger partial charge in [0.05, 0.1) is 0 Å². The molecule has 0 saturated carbocycles. The van der Waals surface area contributed by atoms with E-state index < -0.39 is 25.3 Å². The van der Waals surface area contributed by atoms with E-state index >= 15 is 0 Å². The van der Waals surface area contributed by atoms with Crippen LogP contribution in [0.1, 0.15) is 13.8 Å². The van der Waals surface area contributed by atoms with Gasteiger partial charge in [-0.3, -0.25) is 0 Å². The zero-order valence-corrected chi connectivity index (χ0v) is 15.6. The van der Waals surface area contributed by atoms with Crippen LogP contribution in [0.15, 0.2) is 24.3 Å². The van der Waals surface area contributed by atoms with Gasteiger partial charge in [-0.2, -0.15) is 17.3 Å². The molecule has 0 bridgehead atoms. The molecule has 1 rings (SSSR count). The molecule has 0 saturated heterocycles. The molecule has 1 aromatic carbocycles. The average molecular weight is 341 g/mol. The molecule has 0 radical (unpaired) electrons. The van der Waals surface area contributed by atoms with Crippen molar-refractivity contribution >= 4 is 32.0 Å². The first-order valence-electron chi connectivity index (χ1n) is 6.04. The van der Waals surface area contributed by atoms with Gasteiger partial charge in [-0.15, -0.1) is 6.54 Å². The Labute approximate surface area is 129 Å². The Bertz CT molecular complexity index is 292. The van der Waals surface area contributed by atoms with Crippen LogP contribution in [0.5, 0.6) is 0 Å². The van der Waals surface area contributed by atoms with Crippen LogP contribution in [0, 0.1) is 0 Å². The second-order valence-electron chi connectivity index (χ2n) is 4.79. The maximum atomic E-state index is 4.89. The number of nitrogens with one attached hydrogen (secondary N) is 1. The van der Waals surface area contributed by atoms with Crippen LogP contribution in [0.25, 0.3) is 4.98 Å². The number of halogens is 2. The van der Waals surface area contributed by atoms with Gasteiger partial charge in [-0.05, 0) is 6.54 Å². The van der Waals surface area contributed by atoms with Crippen LogP contribution in [-0.4, -0.2) is 27.4 Å². The van der Waals surface area contributed by atoms with E-state index in [0.717, 1.165) is 13.1 Å². The predicted molar refractivity (Wildman–Crippen MR) is 82.2 cm³/mol. The van der Waals surface area contributed by atoms with Crippen molar-refractivity contribution in [3.05, 3.63) is 29.2 Å². The Hall–Kier alpha value is 0.781. The summed E-state index contributed by atoms with van der Waals surface area (Å²) < 4.78 is 0. The van der Waals surface area contributed by atoms with Crippen molar-refractivity contribution in [3.63, 3.8) is 0 Å². The first kappa shape index (κ1) is 18.8. The van der Waals surface area contributed by atoms with Gasteiger partial charge in [0.25, 0.3) is 0 Å². The second-order valence-corrected chi connectivity index (χ2v) is 11.4. The average Bonchev–Trinajstić information content (AvgIpc) is 2.79. The summed E-state index contributed by atoms with van der Waals surface area (Å²) in [4.78, 5) is 4.85. The molecule has 0 aliphatic heterocycles. The molecule has 2 nitrogen and oxygen atoms in total. The fourth-order valence-electron chi connectivity index (χ4n) is 1.56. The Kier molecular flexibility index (Phi) is 11.0. The number of hydrogen-bond donors (Lipinski definition) is 1. The number of hydrogen-bond acceptors (Lipinski definition) is 1. The molecule has 0 heterocycles. The molecule has 0 aromatic heterocycles. The van der Waals surface area contributed by atoms with E-state index in [2.05, 4.69) is 56.5 Å². The molecule has 0 aliphatic rings. The summed E-state index contributed by atoms with van der Waals surface area (Å²) in [6, 6.07) is 9.17. The van der Waals surface area contributed by atoms with E-state index in [1.165, 1.54) is 5.19 Å². The summed E-state index contributed by atoms with van der Waals surface area (Å²) in [6.07, 6.45) is 0. The Balaban J connectivity index is 0.000000873. The first-order valence-corrected chi connectivity index (χ1v) is 13.3. The van der Waals surface area contributed by atoms with Gasteiger partial charge in [-0.1, -0.05) is 35.2 Å². The summed E-state index contributed by atoms with van der Waals surface area (Å²) in [5, 5.41) is 4.83. The predicted octanol–water partition coefficient (Wildman–Crippen LogP) is 3.57. The van der Waals surface area contributed by atoms with Crippen molar-refractivity contribution in [3.8, 4) is 0 Å².